The summed E-state index contributed by atoms with van der Waals surface area (Å²) in [6.45, 7) is 5.91. The summed E-state index contributed by atoms with van der Waals surface area (Å²) in [4.78, 5) is 37.5. The van der Waals surface area contributed by atoms with E-state index in [2.05, 4.69) is 16.3 Å². The lowest BCUT2D eigenvalue weighted by Crippen LogP contribution is -2.57. The van der Waals surface area contributed by atoms with Crippen molar-refractivity contribution in [2.45, 2.75) is 64.7 Å². The lowest BCUT2D eigenvalue weighted by molar-refractivity contribution is -0.149. The average Bonchev–Trinajstić information content (AvgIpc) is 3.08. The van der Waals surface area contributed by atoms with Crippen molar-refractivity contribution in [1.82, 2.24) is 15.3 Å². The van der Waals surface area contributed by atoms with E-state index in [0.717, 1.165) is 0 Å². The first-order valence-corrected chi connectivity index (χ1v) is 13.3. The second-order valence-electron chi connectivity index (χ2n) is 9.23. The standard InChI is InChI=1S/C24H32N3O9P/c1-6-24(5)20(29)18(35-22(24)27-13-12-19(28)25-23(27)31)14-33-37(32,36-17-10-8-7-9-11-17)26-16(4)21(30)34-15(2)3/h1,7-11,15-16,18,20,22,29H,12-14H2,2-5H3,(H,26,32)(H,25,28,31)/t16-,18+,20+,22+,24+,37?/m0/s1. The fourth-order valence-electron chi connectivity index (χ4n) is 3.90. The summed E-state index contributed by atoms with van der Waals surface area (Å²) in [7, 11) is -4.23. The van der Waals surface area contributed by atoms with Crippen LogP contribution in [0.4, 0.5) is 4.79 Å². The molecule has 2 heterocycles. The van der Waals surface area contributed by atoms with Gasteiger partial charge in [-0.05, 0) is 39.8 Å². The Bertz CT molecular complexity index is 1090. The van der Waals surface area contributed by atoms with Gasteiger partial charge in [-0.2, -0.15) is 5.09 Å². The van der Waals surface area contributed by atoms with Crippen molar-refractivity contribution >= 4 is 25.7 Å². The minimum atomic E-state index is -4.23. The number of esters is 1. The van der Waals surface area contributed by atoms with Crippen LogP contribution in [0.3, 0.4) is 0 Å². The van der Waals surface area contributed by atoms with Gasteiger partial charge in [-0.25, -0.2) is 9.36 Å². The van der Waals surface area contributed by atoms with Crippen LogP contribution >= 0.6 is 7.75 Å². The van der Waals surface area contributed by atoms with E-state index in [1.54, 1.807) is 44.2 Å². The van der Waals surface area contributed by atoms with Crippen molar-refractivity contribution in [3.8, 4) is 18.1 Å². The van der Waals surface area contributed by atoms with Gasteiger partial charge in [-0.15, -0.1) is 6.42 Å². The smallest absolute Gasteiger partial charge is 0.459 e. The van der Waals surface area contributed by atoms with Crippen LogP contribution in [-0.4, -0.2) is 71.6 Å². The molecule has 12 nitrogen and oxygen atoms in total. The number of carbonyl (C=O) groups excluding carboxylic acids is 3. The Morgan fingerprint density at radius 2 is 2.03 bits per heavy atom. The van der Waals surface area contributed by atoms with Gasteiger partial charge in [0.05, 0.1) is 12.7 Å². The lowest BCUT2D eigenvalue weighted by Gasteiger charge is -2.37. The maximum atomic E-state index is 13.7. The van der Waals surface area contributed by atoms with Gasteiger partial charge in [-0.3, -0.25) is 24.3 Å². The number of urea groups is 1. The number of nitrogens with zero attached hydrogens (tertiary/aromatic N) is 1. The quantitative estimate of drug-likeness (QED) is 0.229. The van der Waals surface area contributed by atoms with E-state index in [0.29, 0.717) is 0 Å². The predicted molar refractivity (Wildman–Crippen MR) is 131 cm³/mol. The Hall–Kier alpha value is -2.94. The molecule has 1 aromatic carbocycles. The minimum absolute atomic E-state index is 0.0396. The summed E-state index contributed by atoms with van der Waals surface area (Å²) in [5.41, 5.74) is -1.36. The molecule has 1 unspecified atom stereocenters. The zero-order valence-electron chi connectivity index (χ0n) is 21.1. The molecule has 0 aromatic heterocycles. The second kappa shape index (κ2) is 11.6. The number of nitrogens with one attached hydrogen (secondary N) is 2. The monoisotopic (exact) mass is 537 g/mol. The molecule has 2 aliphatic heterocycles. The number of terminal acetylenes is 1. The van der Waals surface area contributed by atoms with Crippen LogP contribution in [0.25, 0.3) is 0 Å². The first-order valence-electron chi connectivity index (χ1n) is 11.8. The number of para-hydroxylation sites is 1. The van der Waals surface area contributed by atoms with Crippen LogP contribution in [0.2, 0.25) is 0 Å². The van der Waals surface area contributed by atoms with E-state index in [1.807, 2.05) is 0 Å². The predicted octanol–water partition coefficient (Wildman–Crippen LogP) is 1.79. The molecule has 0 spiro atoms. The van der Waals surface area contributed by atoms with Gasteiger partial charge in [0, 0.05) is 13.0 Å². The first-order chi connectivity index (χ1) is 17.4. The molecular formula is C24H32N3O9P. The molecule has 0 aliphatic carbocycles. The van der Waals surface area contributed by atoms with Crippen molar-refractivity contribution in [3.63, 3.8) is 0 Å². The molecule has 3 amide bonds. The summed E-state index contributed by atoms with van der Waals surface area (Å²) in [6, 6.07) is 6.41. The third-order valence-electron chi connectivity index (χ3n) is 5.90. The van der Waals surface area contributed by atoms with E-state index in [-0.39, 0.29) is 18.7 Å². The maximum Gasteiger partial charge on any atom is 0.459 e. The van der Waals surface area contributed by atoms with Crippen LogP contribution in [0.1, 0.15) is 34.1 Å². The number of aliphatic hydroxyl groups excluding tert-OH is 1. The van der Waals surface area contributed by atoms with Crippen LogP contribution in [0, 0.1) is 17.8 Å². The molecule has 3 rings (SSSR count). The van der Waals surface area contributed by atoms with E-state index in [1.165, 1.54) is 18.7 Å². The number of hydrogen-bond acceptors (Lipinski definition) is 9. The number of hydrogen-bond donors (Lipinski definition) is 3. The molecular weight excluding hydrogens is 505 g/mol. The molecule has 202 valence electrons. The Morgan fingerprint density at radius 3 is 2.62 bits per heavy atom. The fraction of sp³-hybridized carbons (Fsp3) is 0.542. The third-order valence-corrected chi connectivity index (χ3v) is 7.54. The molecule has 0 bridgehead atoms. The van der Waals surface area contributed by atoms with Crippen molar-refractivity contribution in [1.29, 1.82) is 0 Å². The van der Waals surface area contributed by atoms with Crippen molar-refractivity contribution in [3.05, 3.63) is 30.3 Å². The highest BCUT2D eigenvalue weighted by molar-refractivity contribution is 7.52. The third kappa shape index (κ3) is 6.69. The normalized spacial score (nSPS) is 28.2. The number of rotatable bonds is 10. The van der Waals surface area contributed by atoms with Gasteiger partial charge < -0.3 is 19.1 Å². The number of carbonyl (C=O) groups is 3. The highest BCUT2D eigenvalue weighted by Gasteiger charge is 2.56. The van der Waals surface area contributed by atoms with Gasteiger partial charge in [0.1, 0.15) is 29.4 Å². The minimum Gasteiger partial charge on any atom is -0.462 e. The maximum absolute atomic E-state index is 13.7. The number of amides is 3. The Kier molecular flexibility index (Phi) is 9.00. The molecule has 1 aromatic rings. The molecule has 3 N–H and O–H groups in total. The number of aliphatic hydroxyl groups is 1. The van der Waals surface area contributed by atoms with Crippen LogP contribution in [0.15, 0.2) is 30.3 Å². The van der Waals surface area contributed by atoms with Gasteiger partial charge in [0.25, 0.3) is 0 Å². The fourth-order valence-corrected chi connectivity index (χ4v) is 5.41. The van der Waals surface area contributed by atoms with Crippen molar-refractivity contribution in [2.75, 3.05) is 13.2 Å². The molecule has 6 atom stereocenters. The molecule has 2 aliphatic rings. The largest absolute Gasteiger partial charge is 0.462 e. The zero-order valence-corrected chi connectivity index (χ0v) is 22.0. The Balaban J connectivity index is 1.78. The molecule has 2 fully saturated rings. The van der Waals surface area contributed by atoms with E-state index >= 15 is 0 Å². The second-order valence-corrected chi connectivity index (χ2v) is 10.9. The molecule has 0 saturated carbocycles. The topological polar surface area (TPSA) is 153 Å². The highest BCUT2D eigenvalue weighted by atomic mass is 31.2. The van der Waals surface area contributed by atoms with E-state index in [9.17, 15) is 24.1 Å². The lowest BCUT2D eigenvalue weighted by atomic mass is 9.82. The number of imide groups is 1. The summed E-state index contributed by atoms with van der Waals surface area (Å²) >= 11 is 0. The van der Waals surface area contributed by atoms with Crippen molar-refractivity contribution < 1.29 is 42.6 Å². The Morgan fingerprint density at radius 1 is 1.35 bits per heavy atom. The van der Waals surface area contributed by atoms with E-state index < -0.39 is 68.3 Å². The van der Waals surface area contributed by atoms with Crippen LogP contribution in [0.5, 0.6) is 5.75 Å². The SMILES string of the molecule is C#C[C@]1(C)[C@H](O)[C@@H](COP(=O)(N[C@@H](C)C(=O)OC(C)C)Oc2ccccc2)O[C@H]1N1CCC(=O)NC1=O. The highest BCUT2D eigenvalue weighted by Crippen LogP contribution is 2.47. The first kappa shape index (κ1) is 28.6. The van der Waals surface area contributed by atoms with Crippen LogP contribution < -0.4 is 14.9 Å². The average molecular weight is 538 g/mol. The van der Waals surface area contributed by atoms with Crippen molar-refractivity contribution in [2.24, 2.45) is 5.41 Å². The summed E-state index contributed by atoms with van der Waals surface area (Å²) < 4.78 is 36.0. The molecule has 2 saturated heterocycles. The van der Waals surface area contributed by atoms with E-state index in [4.69, 9.17) is 24.9 Å². The zero-order chi connectivity index (χ0) is 27.4. The van der Waals surface area contributed by atoms with Gasteiger partial charge in [-0.1, -0.05) is 24.1 Å². The number of benzene rings is 1. The van der Waals surface area contributed by atoms with Gasteiger partial charge >= 0.3 is 19.7 Å². The molecule has 0 radical (unpaired) electrons. The molecule has 13 heteroatoms. The summed E-state index contributed by atoms with van der Waals surface area (Å²) in [5.74, 6) is 1.59. The van der Waals surface area contributed by atoms with Crippen LogP contribution in [-0.2, 0) is 28.2 Å². The Labute approximate surface area is 215 Å². The molecule has 37 heavy (non-hydrogen) atoms. The summed E-state index contributed by atoms with van der Waals surface area (Å²) in [5, 5.41) is 15.8. The number of ether oxygens (including phenoxy) is 2. The van der Waals surface area contributed by atoms with Gasteiger partial charge in [0.15, 0.2) is 6.23 Å². The summed E-state index contributed by atoms with van der Waals surface area (Å²) in [6.07, 6.45) is 1.82. The van der Waals surface area contributed by atoms with Gasteiger partial charge in [0.2, 0.25) is 5.91 Å².